The molecule has 0 aliphatic heterocycles. The van der Waals surface area contributed by atoms with Crippen LogP contribution in [0.2, 0.25) is 0 Å². The normalized spacial score (nSPS) is 11.3. The van der Waals surface area contributed by atoms with Crippen molar-refractivity contribution in [2.45, 2.75) is 6.92 Å². The average molecular weight is 333 g/mol. The molecule has 0 aliphatic carbocycles. The number of hydrazone groups is 1. The Balaban J connectivity index is 1.80. The third kappa shape index (κ3) is 3.53. The lowest BCUT2D eigenvalue weighted by molar-refractivity contribution is -0.384. The first-order chi connectivity index (χ1) is 12.1. The predicted molar refractivity (Wildman–Crippen MR) is 96.7 cm³/mol. The molecule has 6 heteroatoms. The maximum Gasteiger partial charge on any atom is 0.272 e. The van der Waals surface area contributed by atoms with Gasteiger partial charge in [-0.3, -0.25) is 14.9 Å². The van der Waals surface area contributed by atoms with Crippen molar-refractivity contribution in [3.05, 3.63) is 88.0 Å². The van der Waals surface area contributed by atoms with Crippen LogP contribution in [0.1, 0.15) is 22.8 Å². The molecule has 0 unspecified atom stereocenters. The minimum absolute atomic E-state index is 0.0105. The number of non-ortho nitro benzene ring substituents is 1. The van der Waals surface area contributed by atoms with Crippen LogP contribution in [0.5, 0.6) is 0 Å². The summed E-state index contributed by atoms with van der Waals surface area (Å²) in [4.78, 5) is 22.6. The van der Waals surface area contributed by atoms with E-state index >= 15 is 0 Å². The second kappa shape index (κ2) is 6.92. The molecule has 25 heavy (non-hydrogen) atoms. The Labute approximate surface area is 143 Å². The van der Waals surface area contributed by atoms with Crippen molar-refractivity contribution >= 4 is 28.1 Å². The van der Waals surface area contributed by atoms with E-state index in [0.717, 1.165) is 10.8 Å². The zero-order valence-electron chi connectivity index (χ0n) is 13.5. The quantitative estimate of drug-likeness (QED) is 0.446. The number of nitrogens with one attached hydrogen (secondary N) is 1. The summed E-state index contributed by atoms with van der Waals surface area (Å²) in [6, 6.07) is 19.1. The molecule has 3 rings (SSSR count). The highest BCUT2D eigenvalue weighted by Gasteiger charge is 2.10. The monoisotopic (exact) mass is 333 g/mol. The van der Waals surface area contributed by atoms with Crippen LogP contribution in [0.3, 0.4) is 0 Å². The number of fused-ring (bicyclic) bond motifs is 1. The number of carbonyl (C=O) groups is 1. The molecular formula is C19H15N3O3. The van der Waals surface area contributed by atoms with Gasteiger partial charge in [-0.05, 0) is 41.5 Å². The molecule has 0 atom stereocenters. The van der Waals surface area contributed by atoms with Crippen LogP contribution in [0.15, 0.2) is 71.8 Å². The van der Waals surface area contributed by atoms with Crippen LogP contribution in [0.4, 0.5) is 5.69 Å². The standard InChI is InChI=1S/C19H15N3O3/c1-13(14-9-11-16(12-10-14)22(24)25)20-21-19(23)18-8-4-6-15-5-2-3-7-17(15)18/h2-12H,1H3,(H,21,23)/b20-13-. The van der Waals surface area contributed by atoms with Crippen LogP contribution in [0, 0.1) is 10.1 Å². The van der Waals surface area contributed by atoms with Crippen LogP contribution in [0.25, 0.3) is 10.8 Å². The lowest BCUT2D eigenvalue weighted by Crippen LogP contribution is -2.19. The zero-order chi connectivity index (χ0) is 17.8. The van der Waals surface area contributed by atoms with Crippen LogP contribution in [-0.4, -0.2) is 16.5 Å². The summed E-state index contributed by atoms with van der Waals surface area (Å²) in [7, 11) is 0. The number of nitro groups is 1. The van der Waals surface area contributed by atoms with Gasteiger partial charge in [0, 0.05) is 17.7 Å². The van der Waals surface area contributed by atoms with Gasteiger partial charge < -0.3 is 0 Å². The topological polar surface area (TPSA) is 84.6 Å². The molecule has 6 nitrogen and oxygen atoms in total. The number of amides is 1. The fourth-order valence-corrected chi connectivity index (χ4v) is 2.51. The Morgan fingerprint density at radius 2 is 1.68 bits per heavy atom. The van der Waals surface area contributed by atoms with Gasteiger partial charge in [-0.2, -0.15) is 5.10 Å². The first-order valence-corrected chi connectivity index (χ1v) is 7.63. The number of nitrogens with zero attached hydrogens (tertiary/aromatic N) is 2. The van der Waals surface area contributed by atoms with E-state index in [4.69, 9.17) is 0 Å². The van der Waals surface area contributed by atoms with Crippen molar-refractivity contribution in [2.75, 3.05) is 0 Å². The van der Waals surface area contributed by atoms with Gasteiger partial charge in [0.1, 0.15) is 0 Å². The third-order valence-corrected chi connectivity index (χ3v) is 3.86. The number of nitro benzene ring substituents is 1. The lowest BCUT2D eigenvalue weighted by Gasteiger charge is -2.06. The Kier molecular flexibility index (Phi) is 4.52. The number of carbonyl (C=O) groups excluding carboxylic acids is 1. The highest BCUT2D eigenvalue weighted by Crippen LogP contribution is 2.18. The van der Waals surface area contributed by atoms with E-state index in [1.165, 1.54) is 12.1 Å². The maximum atomic E-state index is 12.4. The number of rotatable bonds is 4. The Morgan fingerprint density at radius 1 is 1.00 bits per heavy atom. The van der Waals surface area contributed by atoms with E-state index in [0.29, 0.717) is 16.8 Å². The zero-order valence-corrected chi connectivity index (χ0v) is 13.5. The average Bonchev–Trinajstić information content (AvgIpc) is 2.65. The van der Waals surface area contributed by atoms with E-state index < -0.39 is 4.92 Å². The summed E-state index contributed by atoms with van der Waals surface area (Å²) < 4.78 is 0. The lowest BCUT2D eigenvalue weighted by atomic mass is 10.0. The van der Waals surface area contributed by atoms with Crippen LogP contribution < -0.4 is 5.43 Å². The molecule has 0 bridgehead atoms. The number of hydrogen-bond donors (Lipinski definition) is 1. The molecule has 0 aromatic heterocycles. The van der Waals surface area contributed by atoms with Crippen molar-refractivity contribution in [3.63, 3.8) is 0 Å². The van der Waals surface area contributed by atoms with E-state index in [1.54, 1.807) is 25.1 Å². The van der Waals surface area contributed by atoms with Gasteiger partial charge in [-0.1, -0.05) is 36.4 Å². The molecule has 124 valence electrons. The Hall–Kier alpha value is -3.54. The molecule has 0 spiro atoms. The van der Waals surface area contributed by atoms with Crippen molar-refractivity contribution in [3.8, 4) is 0 Å². The van der Waals surface area contributed by atoms with Crippen LogP contribution >= 0.6 is 0 Å². The molecule has 1 amide bonds. The van der Waals surface area contributed by atoms with Gasteiger partial charge >= 0.3 is 0 Å². The van der Waals surface area contributed by atoms with Gasteiger partial charge in [-0.15, -0.1) is 0 Å². The molecule has 0 saturated carbocycles. The van der Waals surface area contributed by atoms with Gasteiger partial charge in [-0.25, -0.2) is 5.43 Å². The minimum atomic E-state index is -0.460. The maximum absolute atomic E-state index is 12.4. The highest BCUT2D eigenvalue weighted by atomic mass is 16.6. The summed E-state index contributed by atoms with van der Waals surface area (Å²) in [6.07, 6.45) is 0. The van der Waals surface area contributed by atoms with Gasteiger partial charge in [0.2, 0.25) is 0 Å². The van der Waals surface area contributed by atoms with E-state index in [-0.39, 0.29) is 11.6 Å². The fourth-order valence-electron chi connectivity index (χ4n) is 2.51. The third-order valence-electron chi connectivity index (χ3n) is 3.86. The molecule has 0 radical (unpaired) electrons. The molecule has 0 fully saturated rings. The molecule has 0 heterocycles. The summed E-state index contributed by atoms with van der Waals surface area (Å²) in [5.74, 6) is -0.307. The molecule has 0 saturated heterocycles. The highest BCUT2D eigenvalue weighted by molar-refractivity contribution is 6.07. The van der Waals surface area contributed by atoms with Crippen molar-refractivity contribution in [2.24, 2.45) is 5.10 Å². The smallest absolute Gasteiger partial charge is 0.267 e. The first-order valence-electron chi connectivity index (χ1n) is 7.63. The summed E-state index contributed by atoms with van der Waals surface area (Å²) in [5.41, 5.74) is 4.35. The molecular weight excluding hydrogens is 318 g/mol. The summed E-state index contributed by atoms with van der Waals surface area (Å²) in [6.45, 7) is 1.73. The van der Waals surface area contributed by atoms with E-state index in [1.807, 2.05) is 36.4 Å². The first kappa shape index (κ1) is 16.3. The van der Waals surface area contributed by atoms with Gasteiger partial charge in [0.05, 0.1) is 10.6 Å². The molecule has 3 aromatic rings. The minimum Gasteiger partial charge on any atom is -0.267 e. The predicted octanol–water partition coefficient (Wildman–Crippen LogP) is 3.90. The van der Waals surface area contributed by atoms with Gasteiger partial charge in [0.15, 0.2) is 0 Å². The van der Waals surface area contributed by atoms with E-state index in [9.17, 15) is 14.9 Å². The molecule has 0 aliphatic rings. The van der Waals surface area contributed by atoms with Crippen molar-refractivity contribution in [1.29, 1.82) is 0 Å². The second-order valence-electron chi connectivity index (χ2n) is 5.47. The largest absolute Gasteiger partial charge is 0.272 e. The second-order valence-corrected chi connectivity index (χ2v) is 5.47. The summed E-state index contributed by atoms with van der Waals surface area (Å²) in [5, 5.41) is 16.6. The van der Waals surface area contributed by atoms with Crippen LogP contribution in [-0.2, 0) is 0 Å². The Bertz CT molecular complexity index is 973. The fraction of sp³-hybridized carbons (Fsp3) is 0.0526. The van der Waals surface area contributed by atoms with Gasteiger partial charge in [0.25, 0.3) is 11.6 Å². The Morgan fingerprint density at radius 3 is 2.40 bits per heavy atom. The van der Waals surface area contributed by atoms with Crippen molar-refractivity contribution < 1.29 is 9.72 Å². The van der Waals surface area contributed by atoms with Crippen molar-refractivity contribution in [1.82, 2.24) is 5.43 Å². The van der Waals surface area contributed by atoms with E-state index in [2.05, 4.69) is 10.5 Å². The molecule has 3 aromatic carbocycles. The number of benzene rings is 3. The SMILES string of the molecule is C/C(=N/NC(=O)c1cccc2ccccc12)c1ccc([N+](=O)[O-])cc1. The number of hydrogen-bond acceptors (Lipinski definition) is 4. The summed E-state index contributed by atoms with van der Waals surface area (Å²) >= 11 is 0. The molecule has 1 N–H and O–H groups in total.